The molecule has 0 saturated carbocycles. The maximum Gasteiger partial charge on any atom is 0.0882 e. The van der Waals surface area contributed by atoms with Crippen LogP contribution in [0.25, 0.3) is 0 Å². The lowest BCUT2D eigenvalue weighted by Gasteiger charge is -1.95. The van der Waals surface area contributed by atoms with Gasteiger partial charge in [0.15, 0.2) is 0 Å². The first kappa shape index (κ1) is 7.81. The molecule has 1 aliphatic heterocycles. The fraction of sp³-hybridized carbons (Fsp3) is 0.455. The zero-order valence-electron chi connectivity index (χ0n) is 7.36. The largest absolute Gasteiger partial charge is 0.369 e. The Morgan fingerprint density at radius 2 is 1.92 bits per heavy atom. The summed E-state index contributed by atoms with van der Waals surface area (Å²) in [4.78, 5) is 0. The molecule has 0 spiro atoms. The highest BCUT2D eigenvalue weighted by Crippen LogP contribution is 2.28. The Labute approximate surface area is 73.4 Å². The van der Waals surface area contributed by atoms with Crippen molar-refractivity contribution >= 4 is 0 Å². The highest BCUT2D eigenvalue weighted by atomic mass is 16.6. The van der Waals surface area contributed by atoms with E-state index in [1.54, 1.807) is 0 Å². The van der Waals surface area contributed by atoms with Crippen LogP contribution in [0, 0.1) is 0 Å². The van der Waals surface area contributed by atoms with E-state index in [0.717, 1.165) is 12.8 Å². The predicted molar refractivity (Wildman–Crippen MR) is 49.1 cm³/mol. The molecule has 1 heteroatoms. The van der Waals surface area contributed by atoms with E-state index in [2.05, 4.69) is 37.3 Å². The minimum absolute atomic E-state index is 0.498. The van der Waals surface area contributed by atoms with Crippen molar-refractivity contribution in [2.75, 3.05) is 0 Å². The lowest BCUT2D eigenvalue weighted by molar-refractivity contribution is 0.366. The summed E-state index contributed by atoms with van der Waals surface area (Å²) in [6.07, 6.45) is 3.26. The van der Waals surface area contributed by atoms with Gasteiger partial charge in [0.2, 0.25) is 0 Å². The molecule has 0 aromatic heterocycles. The van der Waals surface area contributed by atoms with E-state index >= 15 is 0 Å². The van der Waals surface area contributed by atoms with E-state index in [1.807, 2.05) is 0 Å². The van der Waals surface area contributed by atoms with E-state index in [0.29, 0.717) is 12.2 Å². The average Bonchev–Trinajstić information content (AvgIpc) is 2.85. The Morgan fingerprint density at radius 1 is 1.17 bits per heavy atom. The van der Waals surface area contributed by atoms with Gasteiger partial charge in [-0.2, -0.15) is 0 Å². The van der Waals surface area contributed by atoms with E-state index < -0.39 is 0 Å². The number of ether oxygens (including phenoxy) is 1. The predicted octanol–water partition coefficient (Wildman–Crippen LogP) is 2.41. The van der Waals surface area contributed by atoms with Crippen molar-refractivity contribution in [2.24, 2.45) is 0 Å². The van der Waals surface area contributed by atoms with Gasteiger partial charge in [0.1, 0.15) is 0 Å². The van der Waals surface area contributed by atoms with Crippen molar-refractivity contribution in [3.63, 3.8) is 0 Å². The molecule has 0 aliphatic carbocycles. The molecular formula is C11H14O. The van der Waals surface area contributed by atoms with Crippen molar-refractivity contribution in [1.29, 1.82) is 0 Å². The number of epoxide rings is 1. The van der Waals surface area contributed by atoms with Crippen LogP contribution in [-0.4, -0.2) is 12.2 Å². The van der Waals surface area contributed by atoms with Crippen LogP contribution in [0.15, 0.2) is 30.3 Å². The second-order valence-electron chi connectivity index (χ2n) is 3.31. The summed E-state index contributed by atoms with van der Waals surface area (Å²) in [7, 11) is 0. The molecule has 0 bridgehead atoms. The quantitative estimate of drug-likeness (QED) is 0.622. The Kier molecular flexibility index (Phi) is 2.13. The van der Waals surface area contributed by atoms with Gasteiger partial charge in [0.25, 0.3) is 0 Å². The van der Waals surface area contributed by atoms with Gasteiger partial charge in [0, 0.05) is 6.42 Å². The Bertz CT molecular complexity index is 242. The summed E-state index contributed by atoms with van der Waals surface area (Å²) >= 11 is 0. The fourth-order valence-electron chi connectivity index (χ4n) is 1.56. The van der Waals surface area contributed by atoms with Crippen LogP contribution < -0.4 is 0 Å². The summed E-state index contributed by atoms with van der Waals surface area (Å²) in [5, 5.41) is 0. The third-order valence-electron chi connectivity index (χ3n) is 2.37. The van der Waals surface area contributed by atoms with Crippen LogP contribution in [0.3, 0.4) is 0 Å². The van der Waals surface area contributed by atoms with Crippen LogP contribution in [0.4, 0.5) is 0 Å². The molecule has 1 saturated heterocycles. The van der Waals surface area contributed by atoms with Gasteiger partial charge in [-0.25, -0.2) is 0 Å². The van der Waals surface area contributed by atoms with Gasteiger partial charge in [-0.1, -0.05) is 37.3 Å². The fourth-order valence-corrected chi connectivity index (χ4v) is 1.56. The second-order valence-corrected chi connectivity index (χ2v) is 3.31. The average molecular weight is 162 g/mol. The molecular weight excluding hydrogens is 148 g/mol. The third-order valence-corrected chi connectivity index (χ3v) is 2.37. The van der Waals surface area contributed by atoms with Crippen molar-refractivity contribution in [1.82, 2.24) is 0 Å². The van der Waals surface area contributed by atoms with E-state index in [1.165, 1.54) is 5.56 Å². The first-order chi connectivity index (χ1) is 5.90. The minimum Gasteiger partial charge on any atom is -0.369 e. The zero-order valence-corrected chi connectivity index (χ0v) is 7.36. The van der Waals surface area contributed by atoms with E-state index in [4.69, 9.17) is 4.74 Å². The van der Waals surface area contributed by atoms with Gasteiger partial charge in [-0.3, -0.25) is 0 Å². The van der Waals surface area contributed by atoms with Gasteiger partial charge in [-0.15, -0.1) is 0 Å². The van der Waals surface area contributed by atoms with E-state index in [-0.39, 0.29) is 0 Å². The Morgan fingerprint density at radius 3 is 2.50 bits per heavy atom. The van der Waals surface area contributed by atoms with Gasteiger partial charge >= 0.3 is 0 Å². The number of hydrogen-bond donors (Lipinski definition) is 0. The van der Waals surface area contributed by atoms with Crippen molar-refractivity contribution in [3.8, 4) is 0 Å². The standard InChI is InChI=1S/C11H14O/c1-2-10-11(12-10)8-9-6-4-3-5-7-9/h3-7,10-11H,2,8H2,1H3/t10-,11-/m0/s1. The van der Waals surface area contributed by atoms with Crippen molar-refractivity contribution < 1.29 is 4.74 Å². The molecule has 0 N–H and O–H groups in total. The van der Waals surface area contributed by atoms with E-state index in [9.17, 15) is 0 Å². The molecule has 1 aliphatic rings. The summed E-state index contributed by atoms with van der Waals surface area (Å²) in [5.41, 5.74) is 1.39. The van der Waals surface area contributed by atoms with Gasteiger partial charge in [0.05, 0.1) is 12.2 Å². The molecule has 1 aromatic rings. The summed E-state index contributed by atoms with van der Waals surface area (Å²) < 4.78 is 5.47. The highest BCUT2D eigenvalue weighted by Gasteiger charge is 2.36. The maximum absolute atomic E-state index is 5.47. The van der Waals surface area contributed by atoms with Crippen molar-refractivity contribution in [2.45, 2.75) is 32.0 Å². The van der Waals surface area contributed by atoms with Gasteiger partial charge in [-0.05, 0) is 12.0 Å². The zero-order chi connectivity index (χ0) is 8.39. The molecule has 1 aromatic carbocycles. The van der Waals surface area contributed by atoms with Crippen LogP contribution in [0.5, 0.6) is 0 Å². The molecule has 2 rings (SSSR count). The molecule has 2 atom stereocenters. The summed E-state index contributed by atoms with van der Waals surface area (Å²) in [5.74, 6) is 0. The normalized spacial score (nSPS) is 27.1. The first-order valence-corrected chi connectivity index (χ1v) is 4.59. The highest BCUT2D eigenvalue weighted by molar-refractivity contribution is 5.16. The molecule has 0 radical (unpaired) electrons. The lowest BCUT2D eigenvalue weighted by Crippen LogP contribution is -1.96. The lowest BCUT2D eigenvalue weighted by atomic mass is 10.1. The summed E-state index contributed by atoms with van der Waals surface area (Å²) in [6, 6.07) is 10.5. The number of hydrogen-bond acceptors (Lipinski definition) is 1. The minimum atomic E-state index is 0.498. The molecule has 64 valence electrons. The van der Waals surface area contributed by atoms with Crippen LogP contribution >= 0.6 is 0 Å². The van der Waals surface area contributed by atoms with Gasteiger partial charge < -0.3 is 4.74 Å². The smallest absolute Gasteiger partial charge is 0.0882 e. The Hall–Kier alpha value is -0.820. The molecule has 0 unspecified atom stereocenters. The second kappa shape index (κ2) is 3.28. The van der Waals surface area contributed by atoms with Crippen LogP contribution in [-0.2, 0) is 11.2 Å². The maximum atomic E-state index is 5.47. The summed E-state index contributed by atoms with van der Waals surface area (Å²) in [6.45, 7) is 2.18. The molecule has 0 amide bonds. The molecule has 1 nitrogen and oxygen atoms in total. The SMILES string of the molecule is CC[C@@H]1O[C@H]1Cc1ccccc1. The monoisotopic (exact) mass is 162 g/mol. The topological polar surface area (TPSA) is 12.5 Å². The third kappa shape index (κ3) is 1.67. The van der Waals surface area contributed by atoms with Crippen molar-refractivity contribution in [3.05, 3.63) is 35.9 Å². The molecule has 12 heavy (non-hydrogen) atoms. The number of benzene rings is 1. The van der Waals surface area contributed by atoms with Crippen LogP contribution in [0.1, 0.15) is 18.9 Å². The van der Waals surface area contributed by atoms with Crippen LogP contribution in [0.2, 0.25) is 0 Å². The molecule has 1 heterocycles. The Balaban J connectivity index is 1.89. The number of rotatable bonds is 3. The first-order valence-electron chi connectivity index (χ1n) is 4.59. The molecule has 1 fully saturated rings.